The summed E-state index contributed by atoms with van der Waals surface area (Å²) in [5.41, 5.74) is -0.892. The predicted molar refractivity (Wildman–Crippen MR) is 99.5 cm³/mol. The fourth-order valence-electron chi connectivity index (χ4n) is 2.93. The Bertz CT molecular complexity index is 1100. The number of hydrogen-bond donors (Lipinski definition) is 0. The lowest BCUT2D eigenvalue weighted by Crippen LogP contribution is -2.12. The Hall–Kier alpha value is -2.45. The summed E-state index contributed by atoms with van der Waals surface area (Å²) in [7, 11) is -2.03. The van der Waals surface area contributed by atoms with Gasteiger partial charge in [0.2, 0.25) is 0 Å². The van der Waals surface area contributed by atoms with Crippen LogP contribution in [0.1, 0.15) is 46.0 Å². The van der Waals surface area contributed by atoms with E-state index in [0.717, 1.165) is 31.0 Å². The molecular formula is C20H13ClF3NO3S. The molecule has 2 aromatic carbocycles. The van der Waals surface area contributed by atoms with Crippen molar-refractivity contribution in [2.75, 3.05) is 0 Å². The molecule has 1 unspecified atom stereocenters. The largest absolute Gasteiger partial charge is 0.416 e. The quantitative estimate of drug-likeness (QED) is 0.484. The number of hydrogen-bond acceptors (Lipinski definition) is 4. The minimum atomic E-state index is -4.64. The van der Waals surface area contributed by atoms with Gasteiger partial charge in [-0.3, -0.25) is 4.79 Å². The molecule has 3 aromatic rings. The first-order valence-electron chi connectivity index (χ1n) is 8.63. The molecule has 29 heavy (non-hydrogen) atoms. The molecule has 0 aliphatic heterocycles. The Morgan fingerprint density at radius 3 is 2.41 bits per heavy atom. The van der Waals surface area contributed by atoms with Gasteiger partial charge in [-0.05, 0) is 55.3 Å². The van der Waals surface area contributed by atoms with Gasteiger partial charge in [-0.2, -0.15) is 13.2 Å². The van der Waals surface area contributed by atoms with Gasteiger partial charge >= 0.3 is 6.18 Å². The van der Waals surface area contributed by atoms with E-state index in [1.165, 1.54) is 30.5 Å². The first-order chi connectivity index (χ1) is 13.8. The number of carbonyl (C=O) groups is 1. The lowest BCUT2D eigenvalue weighted by molar-refractivity contribution is -0.137. The van der Waals surface area contributed by atoms with Crippen molar-refractivity contribution in [1.82, 2.24) is 5.16 Å². The van der Waals surface area contributed by atoms with Crippen molar-refractivity contribution in [1.29, 1.82) is 0 Å². The van der Waals surface area contributed by atoms with Gasteiger partial charge in [0, 0.05) is 21.4 Å². The van der Waals surface area contributed by atoms with Crippen molar-refractivity contribution in [2.45, 2.75) is 34.7 Å². The van der Waals surface area contributed by atoms with Crippen molar-refractivity contribution in [2.24, 2.45) is 0 Å². The molecule has 1 saturated carbocycles. The predicted octanol–water partition coefficient (Wildman–Crippen LogP) is 5.62. The third kappa shape index (κ3) is 4.00. The SMILES string of the molecule is O=C(c1ccc(C(F)(F)F)cc1S(=O)c1ccc(Cl)cc1)c1cnoc1C1CC1. The zero-order chi connectivity index (χ0) is 20.8. The monoisotopic (exact) mass is 439 g/mol. The van der Waals surface area contributed by atoms with Gasteiger partial charge in [-0.1, -0.05) is 16.8 Å². The molecule has 4 rings (SSSR count). The smallest absolute Gasteiger partial charge is 0.360 e. The number of carbonyl (C=O) groups excluding carboxylic acids is 1. The number of benzene rings is 2. The second-order valence-electron chi connectivity index (χ2n) is 6.64. The number of nitrogens with zero attached hydrogens (tertiary/aromatic N) is 1. The van der Waals surface area contributed by atoms with Gasteiger partial charge in [-0.25, -0.2) is 4.21 Å². The third-order valence-electron chi connectivity index (χ3n) is 4.57. The topological polar surface area (TPSA) is 60.2 Å². The maximum Gasteiger partial charge on any atom is 0.416 e. The standard InChI is InChI=1S/C20H13ClF3NO3S/c21-13-4-6-14(7-5-13)29(27)17-9-12(20(22,23)24)3-8-15(17)18(26)16-10-25-28-19(16)11-1-2-11/h3-11H,1-2H2. The molecule has 1 aliphatic carbocycles. The van der Waals surface area contributed by atoms with E-state index >= 15 is 0 Å². The minimum absolute atomic E-state index is 0.0797. The third-order valence-corrected chi connectivity index (χ3v) is 6.26. The molecule has 0 saturated heterocycles. The highest BCUT2D eigenvalue weighted by atomic mass is 35.5. The first kappa shape index (κ1) is 19.8. The molecule has 1 atom stereocenters. The normalized spacial score (nSPS) is 15.3. The summed E-state index contributed by atoms with van der Waals surface area (Å²) in [6.07, 6.45) is -1.68. The number of halogens is 4. The molecule has 1 fully saturated rings. The van der Waals surface area contributed by atoms with Crippen LogP contribution < -0.4 is 0 Å². The highest BCUT2D eigenvalue weighted by Gasteiger charge is 2.35. The van der Waals surface area contributed by atoms with Crippen molar-refractivity contribution in [3.05, 3.63) is 76.1 Å². The molecule has 9 heteroatoms. The lowest BCUT2D eigenvalue weighted by Gasteiger charge is -2.13. The Morgan fingerprint density at radius 1 is 1.10 bits per heavy atom. The van der Waals surface area contributed by atoms with Gasteiger partial charge in [-0.15, -0.1) is 0 Å². The van der Waals surface area contributed by atoms with Crippen LogP contribution in [-0.4, -0.2) is 15.1 Å². The summed E-state index contributed by atoms with van der Waals surface area (Å²) in [4.78, 5) is 13.1. The summed E-state index contributed by atoms with van der Waals surface area (Å²) in [6.45, 7) is 0. The van der Waals surface area contributed by atoms with E-state index in [2.05, 4.69) is 5.16 Å². The van der Waals surface area contributed by atoms with E-state index < -0.39 is 28.3 Å². The van der Waals surface area contributed by atoms with Gasteiger partial charge in [0.1, 0.15) is 0 Å². The molecule has 4 nitrogen and oxygen atoms in total. The average Bonchev–Trinajstić information content (AvgIpc) is 3.42. The molecule has 1 aromatic heterocycles. The molecule has 1 aliphatic rings. The van der Waals surface area contributed by atoms with Crippen LogP contribution in [0.2, 0.25) is 5.02 Å². The fourth-order valence-corrected chi connectivity index (χ4v) is 4.29. The molecular weight excluding hydrogens is 427 g/mol. The fraction of sp³-hybridized carbons (Fsp3) is 0.200. The van der Waals surface area contributed by atoms with E-state index in [-0.39, 0.29) is 26.8 Å². The highest BCUT2D eigenvalue weighted by Crippen LogP contribution is 2.42. The number of alkyl halides is 3. The molecule has 0 radical (unpaired) electrons. The van der Waals surface area contributed by atoms with E-state index in [9.17, 15) is 22.2 Å². The van der Waals surface area contributed by atoms with Gasteiger partial charge in [0.05, 0.1) is 33.0 Å². The molecule has 0 spiro atoms. The van der Waals surface area contributed by atoms with Crippen LogP contribution in [0.25, 0.3) is 0 Å². The minimum Gasteiger partial charge on any atom is -0.360 e. The molecule has 0 amide bonds. The summed E-state index contributed by atoms with van der Waals surface area (Å²) >= 11 is 5.83. The summed E-state index contributed by atoms with van der Waals surface area (Å²) in [6, 6.07) is 8.47. The van der Waals surface area contributed by atoms with Crippen LogP contribution in [-0.2, 0) is 17.0 Å². The summed E-state index contributed by atoms with van der Waals surface area (Å²) in [5.74, 6) is -0.0755. The molecule has 0 N–H and O–H groups in total. The molecule has 150 valence electrons. The Balaban J connectivity index is 1.82. The Morgan fingerprint density at radius 2 is 1.79 bits per heavy atom. The van der Waals surface area contributed by atoms with E-state index in [4.69, 9.17) is 16.1 Å². The van der Waals surface area contributed by atoms with E-state index in [0.29, 0.717) is 10.8 Å². The van der Waals surface area contributed by atoms with Crippen molar-refractivity contribution >= 4 is 28.2 Å². The maximum atomic E-state index is 13.2. The van der Waals surface area contributed by atoms with Gasteiger partial charge in [0.15, 0.2) is 11.5 Å². The maximum absolute atomic E-state index is 13.2. The Kier molecular flexibility index (Phi) is 5.08. The van der Waals surface area contributed by atoms with Gasteiger partial charge in [0.25, 0.3) is 0 Å². The molecule has 1 heterocycles. The Labute approximate surface area is 171 Å². The van der Waals surface area contributed by atoms with Crippen molar-refractivity contribution in [3.8, 4) is 0 Å². The van der Waals surface area contributed by atoms with Crippen LogP contribution in [0.3, 0.4) is 0 Å². The van der Waals surface area contributed by atoms with E-state index in [1.807, 2.05) is 0 Å². The highest BCUT2D eigenvalue weighted by molar-refractivity contribution is 7.85. The number of ketones is 1. The van der Waals surface area contributed by atoms with Crippen LogP contribution in [0.5, 0.6) is 0 Å². The van der Waals surface area contributed by atoms with Gasteiger partial charge < -0.3 is 4.52 Å². The summed E-state index contributed by atoms with van der Waals surface area (Å²) < 4.78 is 58.0. The zero-order valence-electron chi connectivity index (χ0n) is 14.7. The summed E-state index contributed by atoms with van der Waals surface area (Å²) in [5, 5.41) is 4.06. The number of aromatic nitrogens is 1. The molecule has 0 bridgehead atoms. The second kappa shape index (κ2) is 7.42. The van der Waals surface area contributed by atoms with Crippen LogP contribution in [0.4, 0.5) is 13.2 Å². The average molecular weight is 440 g/mol. The van der Waals surface area contributed by atoms with Crippen LogP contribution >= 0.6 is 11.6 Å². The number of rotatable bonds is 5. The zero-order valence-corrected chi connectivity index (χ0v) is 16.3. The second-order valence-corrected chi connectivity index (χ2v) is 8.52. The first-order valence-corrected chi connectivity index (χ1v) is 10.2. The lowest BCUT2D eigenvalue weighted by atomic mass is 10.0. The van der Waals surface area contributed by atoms with Crippen molar-refractivity contribution < 1.29 is 26.7 Å². The van der Waals surface area contributed by atoms with Crippen molar-refractivity contribution in [3.63, 3.8) is 0 Å². The van der Waals surface area contributed by atoms with Crippen LogP contribution in [0.15, 0.2) is 63.0 Å². The van der Waals surface area contributed by atoms with Crippen LogP contribution in [0, 0.1) is 0 Å². The van der Waals surface area contributed by atoms with E-state index in [1.54, 1.807) is 0 Å².